The number of rotatable bonds is 5. The molecule has 3 rings (SSSR count). The highest BCUT2D eigenvalue weighted by atomic mass is 32.2. The SMILES string of the molecule is CN(C)C(=O)N1CC[C@H](NS(C)(=O)=O)[C@@H]1Cc1cccc(-c2cc(F)cc(F)c2)c1F. The third kappa shape index (κ3) is 5.37. The summed E-state index contributed by atoms with van der Waals surface area (Å²) in [6.45, 7) is 0.311. The lowest BCUT2D eigenvalue weighted by Gasteiger charge is -2.31. The Morgan fingerprint density at radius 1 is 1.16 bits per heavy atom. The van der Waals surface area contributed by atoms with E-state index in [0.717, 1.165) is 18.4 Å². The molecule has 1 aliphatic rings. The van der Waals surface area contributed by atoms with Crippen molar-refractivity contribution >= 4 is 16.1 Å². The molecule has 0 aromatic heterocycles. The maximum absolute atomic E-state index is 15.3. The molecule has 1 aliphatic heterocycles. The number of carbonyl (C=O) groups is 1. The Kier molecular flexibility index (Phi) is 6.61. The molecule has 0 aliphatic carbocycles. The molecule has 1 heterocycles. The third-order valence-electron chi connectivity index (χ3n) is 5.22. The number of hydrogen-bond donors (Lipinski definition) is 1. The van der Waals surface area contributed by atoms with Crippen molar-refractivity contribution in [1.29, 1.82) is 0 Å². The summed E-state index contributed by atoms with van der Waals surface area (Å²) in [5.74, 6) is -2.32. The van der Waals surface area contributed by atoms with Crippen molar-refractivity contribution < 1.29 is 26.4 Å². The summed E-state index contributed by atoms with van der Waals surface area (Å²) in [6, 6.07) is 5.74. The molecule has 2 aromatic rings. The molecule has 2 aromatic carbocycles. The van der Waals surface area contributed by atoms with Crippen molar-refractivity contribution in [3.63, 3.8) is 0 Å². The molecule has 2 atom stereocenters. The van der Waals surface area contributed by atoms with Crippen molar-refractivity contribution in [3.8, 4) is 11.1 Å². The van der Waals surface area contributed by atoms with Crippen LogP contribution in [-0.2, 0) is 16.4 Å². The molecule has 0 radical (unpaired) electrons. The van der Waals surface area contributed by atoms with Crippen LogP contribution >= 0.6 is 0 Å². The Labute approximate surface area is 179 Å². The maximum Gasteiger partial charge on any atom is 0.319 e. The number of carbonyl (C=O) groups excluding carboxylic acids is 1. The quantitative estimate of drug-likeness (QED) is 0.754. The number of sulfonamides is 1. The zero-order valence-electron chi connectivity index (χ0n) is 17.4. The highest BCUT2D eigenvalue weighted by Crippen LogP contribution is 2.30. The predicted octanol–water partition coefficient (Wildman–Crippen LogP) is 2.99. The number of nitrogens with zero attached hydrogens (tertiary/aromatic N) is 2. The Balaban J connectivity index is 1.98. The van der Waals surface area contributed by atoms with Crippen molar-refractivity contribution in [2.75, 3.05) is 26.9 Å². The number of urea groups is 1. The van der Waals surface area contributed by atoms with Crippen LogP contribution in [0.2, 0.25) is 0 Å². The first kappa shape index (κ1) is 23.1. The molecule has 0 unspecified atom stereocenters. The number of likely N-dealkylation sites (tertiary alicyclic amines) is 1. The second-order valence-corrected chi connectivity index (χ2v) is 9.64. The minimum atomic E-state index is -3.55. The summed E-state index contributed by atoms with van der Waals surface area (Å²) in [5.41, 5.74) is 0.285. The number of nitrogens with one attached hydrogen (secondary N) is 1. The van der Waals surface area contributed by atoms with E-state index in [0.29, 0.717) is 19.0 Å². The Hall–Kier alpha value is -2.59. The highest BCUT2D eigenvalue weighted by Gasteiger charge is 2.39. The fraction of sp³-hybridized carbons (Fsp3) is 0.381. The lowest BCUT2D eigenvalue weighted by Crippen LogP contribution is -2.50. The molecule has 168 valence electrons. The van der Waals surface area contributed by atoms with Crippen LogP contribution < -0.4 is 4.72 Å². The van der Waals surface area contributed by atoms with Gasteiger partial charge in [-0.2, -0.15) is 0 Å². The first-order valence-electron chi connectivity index (χ1n) is 9.65. The first-order valence-corrected chi connectivity index (χ1v) is 11.5. The van der Waals surface area contributed by atoms with E-state index in [1.807, 2.05) is 0 Å². The number of amides is 2. The average Bonchev–Trinajstić information content (AvgIpc) is 3.02. The van der Waals surface area contributed by atoms with Gasteiger partial charge in [0, 0.05) is 38.3 Å². The van der Waals surface area contributed by atoms with Gasteiger partial charge in [-0.05, 0) is 36.1 Å². The van der Waals surface area contributed by atoms with E-state index in [1.54, 1.807) is 20.2 Å². The summed E-state index contributed by atoms with van der Waals surface area (Å²) < 4.78 is 68.7. The molecule has 0 saturated carbocycles. The van der Waals surface area contributed by atoms with Crippen LogP contribution in [0, 0.1) is 17.5 Å². The van der Waals surface area contributed by atoms with Gasteiger partial charge >= 0.3 is 6.03 Å². The zero-order valence-corrected chi connectivity index (χ0v) is 18.2. The molecule has 10 heteroatoms. The van der Waals surface area contributed by atoms with Gasteiger partial charge in [0.15, 0.2) is 0 Å². The summed E-state index contributed by atoms with van der Waals surface area (Å²) >= 11 is 0. The summed E-state index contributed by atoms with van der Waals surface area (Å²) in [4.78, 5) is 15.5. The smallest absolute Gasteiger partial charge is 0.319 e. The molecule has 0 spiro atoms. The van der Waals surface area contributed by atoms with Crippen LogP contribution in [0.5, 0.6) is 0 Å². The zero-order chi connectivity index (χ0) is 22.9. The molecule has 1 N–H and O–H groups in total. The van der Waals surface area contributed by atoms with Crippen molar-refractivity contribution in [2.24, 2.45) is 0 Å². The van der Waals surface area contributed by atoms with Crippen LogP contribution in [0.1, 0.15) is 12.0 Å². The predicted molar refractivity (Wildman–Crippen MR) is 111 cm³/mol. The van der Waals surface area contributed by atoms with Gasteiger partial charge in [0.05, 0.1) is 12.3 Å². The van der Waals surface area contributed by atoms with Crippen molar-refractivity contribution in [2.45, 2.75) is 24.9 Å². The standard InChI is InChI=1S/C21H24F3N3O3S/c1-26(2)21(28)27-8-7-18(25-31(3,29)30)19(27)11-13-5-4-6-17(20(13)24)14-9-15(22)12-16(23)10-14/h4-6,9-10,12,18-19,25H,7-8,11H2,1-3H3/t18-,19-/m0/s1. The second-order valence-electron chi connectivity index (χ2n) is 7.86. The fourth-order valence-electron chi connectivity index (χ4n) is 3.91. The minimum absolute atomic E-state index is 0.0204. The van der Waals surface area contributed by atoms with Crippen LogP contribution in [0.25, 0.3) is 11.1 Å². The molecule has 6 nitrogen and oxygen atoms in total. The average molecular weight is 456 g/mol. The van der Waals surface area contributed by atoms with E-state index in [-0.39, 0.29) is 29.1 Å². The number of hydrogen-bond acceptors (Lipinski definition) is 3. The normalized spacial score (nSPS) is 19.0. The topological polar surface area (TPSA) is 69.7 Å². The van der Waals surface area contributed by atoms with Crippen molar-refractivity contribution in [3.05, 3.63) is 59.4 Å². The van der Waals surface area contributed by atoms with E-state index in [4.69, 9.17) is 0 Å². The lowest BCUT2D eigenvalue weighted by molar-refractivity contribution is 0.162. The monoisotopic (exact) mass is 455 g/mol. The van der Waals surface area contributed by atoms with E-state index in [2.05, 4.69) is 4.72 Å². The van der Waals surface area contributed by atoms with Crippen LogP contribution in [0.15, 0.2) is 36.4 Å². The highest BCUT2D eigenvalue weighted by molar-refractivity contribution is 7.88. The van der Waals surface area contributed by atoms with Crippen LogP contribution in [-0.4, -0.2) is 63.2 Å². The molecule has 31 heavy (non-hydrogen) atoms. The van der Waals surface area contributed by atoms with E-state index in [9.17, 15) is 22.0 Å². The second kappa shape index (κ2) is 8.88. The van der Waals surface area contributed by atoms with Gasteiger partial charge in [0.1, 0.15) is 17.5 Å². The van der Waals surface area contributed by atoms with Gasteiger partial charge < -0.3 is 9.80 Å². The maximum atomic E-state index is 15.3. The van der Waals surface area contributed by atoms with Gasteiger partial charge in [-0.25, -0.2) is 31.1 Å². The van der Waals surface area contributed by atoms with Gasteiger partial charge in [0.25, 0.3) is 0 Å². The van der Waals surface area contributed by atoms with Crippen molar-refractivity contribution in [1.82, 2.24) is 14.5 Å². The molecular weight excluding hydrogens is 431 g/mol. The fourth-order valence-corrected chi connectivity index (χ4v) is 4.73. The summed E-state index contributed by atoms with van der Waals surface area (Å²) in [6.07, 6.45) is 1.44. The van der Waals surface area contributed by atoms with Gasteiger partial charge in [0.2, 0.25) is 10.0 Å². The molecule has 1 fully saturated rings. The van der Waals surface area contributed by atoms with E-state index in [1.165, 1.54) is 21.9 Å². The van der Waals surface area contributed by atoms with Gasteiger partial charge in [-0.15, -0.1) is 0 Å². The number of benzene rings is 2. The molecule has 0 bridgehead atoms. The lowest BCUT2D eigenvalue weighted by atomic mass is 9.96. The summed E-state index contributed by atoms with van der Waals surface area (Å²) in [5, 5.41) is 0. The summed E-state index contributed by atoms with van der Waals surface area (Å²) in [7, 11) is -0.392. The number of halogens is 3. The molecular formula is C21H24F3N3O3S. The third-order valence-corrected chi connectivity index (χ3v) is 5.95. The minimum Gasteiger partial charge on any atom is -0.331 e. The molecule has 1 saturated heterocycles. The molecule has 2 amide bonds. The Morgan fingerprint density at radius 3 is 2.39 bits per heavy atom. The van der Waals surface area contributed by atoms with E-state index < -0.39 is 39.6 Å². The van der Waals surface area contributed by atoms with Crippen LogP contribution in [0.4, 0.5) is 18.0 Å². The van der Waals surface area contributed by atoms with Gasteiger partial charge in [-0.3, -0.25) is 0 Å². The Bertz CT molecular complexity index is 1070. The van der Waals surface area contributed by atoms with E-state index >= 15 is 4.39 Å². The van der Waals surface area contributed by atoms with Gasteiger partial charge in [-0.1, -0.05) is 18.2 Å². The Morgan fingerprint density at radius 2 is 1.81 bits per heavy atom. The largest absolute Gasteiger partial charge is 0.331 e. The van der Waals surface area contributed by atoms with Crippen LogP contribution in [0.3, 0.4) is 0 Å². The first-order chi connectivity index (χ1) is 14.5.